The number of piperidine rings is 3. The van der Waals surface area contributed by atoms with E-state index in [0.717, 1.165) is 82.8 Å². The van der Waals surface area contributed by atoms with E-state index in [0.29, 0.717) is 122 Å². The third-order valence-corrected chi connectivity index (χ3v) is 28.7. The number of hydrogen-bond donors (Lipinski definition) is 4. The first-order chi connectivity index (χ1) is 57.4. The largest absolute Gasteiger partial charge is 0.419 e. The Hall–Kier alpha value is -9.10. The molecule has 12 amide bonds. The SMILES string of the molecule is CC(C)(CO)CN1C(=O)C(CC(=O)N2CCC(N3Cc4ccccc4NC3=O)CC2)SC1c1ccccc1.CC(C)CCN1C(=O)C(CC(=O)N2CCC(N3CCc4ccccc4NC3=O)CC2)SC1c1c(F)cccc1Cl.CC(C)CCN1C(=O)C(CC(=O)N2CCC(N3Cc4ccccc4NC3=O)CC2)SC1c1cccc(C(F)(F)F)c1F.[HH].[HH]. The number of amides is 12. The van der Waals surface area contributed by atoms with Crippen molar-refractivity contribution >= 4 is 117 Å². The van der Waals surface area contributed by atoms with Gasteiger partial charge in [0.15, 0.2) is 0 Å². The first-order valence-electron chi connectivity index (χ1n) is 41.5. The number of likely N-dealkylation sites (tertiary alicyclic amines) is 3. The molecule has 6 unspecified atom stereocenters. The van der Waals surface area contributed by atoms with Crippen LogP contribution in [0.1, 0.15) is 170 Å². The van der Waals surface area contributed by atoms with E-state index in [1.807, 2.05) is 150 Å². The zero-order valence-electron chi connectivity index (χ0n) is 68.4. The summed E-state index contributed by atoms with van der Waals surface area (Å²) < 4.78 is 70.3. The molecule has 6 aromatic rings. The lowest BCUT2D eigenvalue weighted by Gasteiger charge is -2.40. The predicted molar refractivity (Wildman–Crippen MR) is 461 cm³/mol. The third-order valence-electron chi connectivity index (χ3n) is 24.0. The number of anilines is 3. The van der Waals surface area contributed by atoms with Gasteiger partial charge in [-0.1, -0.05) is 156 Å². The number of carbonyl (C=O) groups excluding carboxylic acids is 9. The van der Waals surface area contributed by atoms with Gasteiger partial charge in [0, 0.05) is 164 Å². The normalized spacial score (nSPS) is 22.0. The highest BCUT2D eigenvalue weighted by Gasteiger charge is 2.49. The van der Waals surface area contributed by atoms with Crippen LogP contribution in [-0.2, 0) is 54.5 Å². The molecule has 0 saturated carbocycles. The van der Waals surface area contributed by atoms with Gasteiger partial charge >= 0.3 is 24.3 Å². The van der Waals surface area contributed by atoms with Crippen LogP contribution in [-0.4, -0.2) is 209 Å². The molecule has 0 spiro atoms. The Kier molecular flexibility index (Phi) is 28.8. The maximum atomic E-state index is 15.1. The molecule has 6 atom stereocenters. The Morgan fingerprint density at radius 1 is 0.492 bits per heavy atom. The van der Waals surface area contributed by atoms with Gasteiger partial charge in [-0.2, -0.15) is 13.2 Å². The van der Waals surface area contributed by atoms with E-state index in [9.17, 15) is 65.8 Å². The van der Waals surface area contributed by atoms with Crippen LogP contribution in [0.3, 0.4) is 0 Å². The number of aliphatic hydroxyl groups is 1. The standard InChI is InChI=1S/C30H36ClFN4O3S.C30H34F4N4O3S.C29H36N4O4S.2H2/c1-19(2)10-16-36-28(38)25(40-29(36)27-22(31)7-5-8-23(27)32)18-26(37)34-14-12-21(13-15-34)35-17-11-20-6-3-4-9-24(20)33-30(35)39;1-18(2)10-15-37-27(40)24(42-28(37)21-7-5-8-22(26(21)31)30(32,33)34)16-25(39)36-13-11-20(12-14-36)38-17-19-6-3-4-9-23(19)35-29(38)41;1-29(2,19-34)18-33-26(36)24(38-27(33)20-8-4-3-5-9-20)16-25(35)31-14-12-22(13-15-31)32-17-21-10-6-7-11-23(21)30-28(32)37;;/h3-9,19,21,25,29H,10-18H2,1-2H3,(H,33,39);3-9,18,20,24,28H,10-17H2,1-2H3,(H,35,41);3-11,22,24,27,34H,12-19H2,1-2H3,(H,30,37);2*1H. The van der Waals surface area contributed by atoms with Crippen LogP contribution >= 0.6 is 46.9 Å². The molecule has 9 aliphatic heterocycles. The summed E-state index contributed by atoms with van der Waals surface area (Å²) in [6.07, 6.45) is 1.38. The number of alkyl halides is 3. The number of halogens is 6. The molecule has 9 heterocycles. The minimum Gasteiger partial charge on any atom is -0.396 e. The highest BCUT2D eigenvalue weighted by molar-refractivity contribution is 8.01. The van der Waals surface area contributed by atoms with Crippen molar-refractivity contribution < 1.29 is 73.1 Å². The number of para-hydroxylation sites is 3. The van der Waals surface area contributed by atoms with Crippen LogP contribution in [0.2, 0.25) is 5.02 Å². The molecule has 4 N–H and O–H groups in total. The van der Waals surface area contributed by atoms with Gasteiger partial charge in [-0.15, -0.1) is 35.3 Å². The first kappa shape index (κ1) is 88.7. The fourth-order valence-electron chi connectivity index (χ4n) is 17.1. The highest BCUT2D eigenvalue weighted by atomic mass is 35.5. The lowest BCUT2D eigenvalue weighted by atomic mass is 9.93. The van der Waals surface area contributed by atoms with E-state index in [1.54, 1.807) is 31.7 Å². The van der Waals surface area contributed by atoms with Gasteiger partial charge in [-0.25, -0.2) is 23.2 Å². The average molecular weight is 1730 g/mol. The monoisotopic (exact) mass is 1730 g/mol. The van der Waals surface area contributed by atoms with Crippen molar-refractivity contribution in [1.82, 2.24) is 44.1 Å². The van der Waals surface area contributed by atoms with E-state index >= 15 is 4.39 Å². The highest BCUT2D eigenvalue weighted by Crippen LogP contribution is 2.51. The summed E-state index contributed by atoms with van der Waals surface area (Å²) in [5, 5.41) is 15.5. The predicted octanol–water partition coefficient (Wildman–Crippen LogP) is 16.8. The van der Waals surface area contributed by atoms with Crippen LogP contribution < -0.4 is 16.0 Å². The molecule has 0 radical (unpaired) electrons. The molecule has 31 heteroatoms. The lowest BCUT2D eigenvalue weighted by Crippen LogP contribution is -2.51. The van der Waals surface area contributed by atoms with Crippen molar-refractivity contribution in [2.75, 3.05) is 88.0 Å². The number of thioether (sulfide) groups is 3. The molecule has 6 fully saturated rings. The van der Waals surface area contributed by atoms with Crippen molar-refractivity contribution in [3.8, 4) is 0 Å². The molecule has 9 aliphatic rings. The van der Waals surface area contributed by atoms with E-state index in [-0.39, 0.29) is 129 Å². The molecular weight excluding hydrogens is 1620 g/mol. The summed E-state index contributed by atoms with van der Waals surface area (Å²) in [4.78, 5) is 135. The van der Waals surface area contributed by atoms with Gasteiger partial charge in [0.1, 0.15) is 27.8 Å². The topological polar surface area (TPSA) is 239 Å². The Balaban J connectivity index is 0.000000177. The summed E-state index contributed by atoms with van der Waals surface area (Å²) in [5.41, 5.74) is 5.10. The van der Waals surface area contributed by atoms with Crippen LogP contribution in [0, 0.1) is 28.9 Å². The zero-order chi connectivity index (χ0) is 85.4. The average Bonchev–Trinajstić information content (AvgIpc) is 1.65. The maximum absolute atomic E-state index is 15.1. The Bertz CT molecular complexity index is 4720. The van der Waals surface area contributed by atoms with Gasteiger partial charge in [-0.05, 0) is 128 Å². The van der Waals surface area contributed by atoms with Gasteiger partial charge in [0.2, 0.25) is 35.4 Å². The van der Waals surface area contributed by atoms with Gasteiger partial charge < -0.3 is 65.2 Å². The van der Waals surface area contributed by atoms with Gasteiger partial charge in [-0.3, -0.25) is 28.8 Å². The summed E-state index contributed by atoms with van der Waals surface area (Å²) in [7, 11) is 0. The van der Waals surface area contributed by atoms with Crippen molar-refractivity contribution in [2.24, 2.45) is 17.3 Å². The first-order valence-corrected chi connectivity index (χ1v) is 44.8. The zero-order valence-corrected chi connectivity index (χ0v) is 71.7. The fraction of sp³-hybridized carbons (Fsp3) is 0.494. The van der Waals surface area contributed by atoms with Crippen molar-refractivity contribution in [3.63, 3.8) is 0 Å². The molecule has 15 rings (SSSR count). The quantitative estimate of drug-likeness (QED) is 0.0491. The van der Waals surface area contributed by atoms with Crippen LogP contribution in [0.5, 0.6) is 0 Å². The number of benzene rings is 6. The summed E-state index contributed by atoms with van der Waals surface area (Å²) >= 11 is 10.3. The minimum atomic E-state index is -4.87. The van der Waals surface area contributed by atoms with Crippen LogP contribution in [0.15, 0.2) is 140 Å². The number of hydrogen-bond acceptors (Lipinski definition) is 13. The molecule has 0 aromatic heterocycles. The summed E-state index contributed by atoms with van der Waals surface area (Å²) in [6, 6.07) is 40.6. The molecule has 120 heavy (non-hydrogen) atoms. The molecule has 646 valence electrons. The summed E-state index contributed by atoms with van der Waals surface area (Å²) in [6.45, 7) is 17.9. The maximum Gasteiger partial charge on any atom is 0.419 e. The Morgan fingerprint density at radius 3 is 1.35 bits per heavy atom. The third kappa shape index (κ3) is 20.8. The molecule has 22 nitrogen and oxygen atoms in total. The second-order valence-electron chi connectivity index (χ2n) is 33.8. The van der Waals surface area contributed by atoms with Gasteiger partial charge in [0.25, 0.3) is 0 Å². The second kappa shape index (κ2) is 39.0. The molecule has 6 aromatic carbocycles. The Labute approximate surface area is 718 Å². The molecule has 0 aliphatic carbocycles. The smallest absolute Gasteiger partial charge is 0.396 e. The van der Waals surface area contributed by atoms with E-state index < -0.39 is 55.3 Å². The van der Waals surface area contributed by atoms with Crippen LogP contribution in [0.25, 0.3) is 0 Å². The number of nitrogens with zero attached hydrogens (tertiary/aromatic N) is 9. The second-order valence-corrected chi connectivity index (χ2v) is 38.1. The Morgan fingerprint density at radius 2 is 0.892 bits per heavy atom. The van der Waals surface area contributed by atoms with E-state index in [2.05, 4.69) is 29.8 Å². The number of urea groups is 3. The van der Waals surface area contributed by atoms with Crippen LogP contribution in [0.4, 0.5) is 53.4 Å². The summed E-state index contributed by atoms with van der Waals surface area (Å²) in [5.74, 6) is -2.12. The minimum absolute atomic E-state index is 0. The number of rotatable bonds is 21. The van der Waals surface area contributed by atoms with E-state index in [4.69, 9.17) is 11.6 Å². The number of aliphatic hydroxyl groups excluding tert-OH is 1. The lowest BCUT2D eigenvalue weighted by molar-refractivity contribution is -0.140. The van der Waals surface area contributed by atoms with Crippen molar-refractivity contribution in [2.45, 2.75) is 188 Å². The van der Waals surface area contributed by atoms with Crippen molar-refractivity contribution in [1.29, 1.82) is 0 Å². The number of nitrogens with one attached hydrogen (secondary N) is 3. The molecule has 6 saturated heterocycles. The molecular formula is C89H110ClF5N12O10S3. The van der Waals surface area contributed by atoms with Crippen molar-refractivity contribution in [3.05, 3.63) is 195 Å². The number of carbonyl (C=O) groups is 9. The number of fused-ring (bicyclic) bond motifs is 3. The van der Waals surface area contributed by atoms with Gasteiger partial charge in [0.05, 0.1) is 21.3 Å². The molecule has 0 bridgehead atoms. The van der Waals surface area contributed by atoms with E-state index in [1.165, 1.54) is 40.6 Å². The fourth-order valence-corrected chi connectivity index (χ4v) is 21.8.